The molecule has 2 N–H and O–H groups in total. The summed E-state index contributed by atoms with van der Waals surface area (Å²) in [7, 11) is 0. The Morgan fingerprint density at radius 1 is 1.04 bits per heavy atom. The van der Waals surface area contributed by atoms with Gasteiger partial charge in [0.1, 0.15) is 0 Å². The minimum atomic E-state index is -0.155. The molecule has 2 aromatic carbocycles. The van der Waals surface area contributed by atoms with Crippen molar-refractivity contribution in [2.75, 3.05) is 11.9 Å². The number of aryl methyl sites for hydroxylation is 3. The molecule has 0 spiro atoms. The predicted molar refractivity (Wildman–Crippen MR) is 99.5 cm³/mol. The van der Waals surface area contributed by atoms with Gasteiger partial charge in [0.25, 0.3) is 0 Å². The number of aromatic nitrogens is 1. The standard InChI is InChI=1S/C20H23N3O/c1-15-12-16(2)14-18(13-15)22-20(24)21-9-5-10-23-11-8-17-6-3-4-7-19(17)23/h3-4,6-8,11-14H,5,9-10H2,1-2H3,(H2,21,22,24). The maximum atomic E-state index is 12.0. The number of para-hydroxylation sites is 1. The molecule has 124 valence electrons. The lowest BCUT2D eigenvalue weighted by Gasteiger charge is -2.10. The smallest absolute Gasteiger partial charge is 0.319 e. The van der Waals surface area contributed by atoms with Gasteiger partial charge in [-0.2, -0.15) is 0 Å². The molecule has 2 amide bonds. The molecule has 3 aromatic rings. The van der Waals surface area contributed by atoms with Crippen LogP contribution in [-0.2, 0) is 6.54 Å². The third kappa shape index (κ3) is 3.96. The van der Waals surface area contributed by atoms with Crippen molar-refractivity contribution < 1.29 is 4.79 Å². The van der Waals surface area contributed by atoms with Gasteiger partial charge in [-0.3, -0.25) is 0 Å². The molecule has 24 heavy (non-hydrogen) atoms. The van der Waals surface area contributed by atoms with E-state index < -0.39 is 0 Å². The van der Waals surface area contributed by atoms with Crippen molar-refractivity contribution in [3.8, 4) is 0 Å². The zero-order valence-electron chi connectivity index (χ0n) is 14.2. The Balaban J connectivity index is 1.47. The van der Waals surface area contributed by atoms with Crippen LogP contribution in [0.25, 0.3) is 10.9 Å². The second kappa shape index (κ2) is 7.21. The van der Waals surface area contributed by atoms with Gasteiger partial charge in [-0.25, -0.2) is 4.79 Å². The topological polar surface area (TPSA) is 46.1 Å². The third-order valence-corrected chi connectivity index (χ3v) is 4.02. The second-order valence-corrected chi connectivity index (χ2v) is 6.18. The number of carbonyl (C=O) groups excluding carboxylic acids is 1. The van der Waals surface area contributed by atoms with Crippen LogP contribution >= 0.6 is 0 Å². The lowest BCUT2D eigenvalue weighted by molar-refractivity contribution is 0.252. The molecule has 0 aliphatic heterocycles. The molecule has 0 fully saturated rings. The second-order valence-electron chi connectivity index (χ2n) is 6.18. The van der Waals surface area contributed by atoms with Gasteiger partial charge in [-0.15, -0.1) is 0 Å². The van der Waals surface area contributed by atoms with E-state index in [0.717, 1.165) is 29.8 Å². The van der Waals surface area contributed by atoms with Gasteiger partial charge in [0.05, 0.1) is 0 Å². The summed E-state index contributed by atoms with van der Waals surface area (Å²) in [6.45, 7) is 5.58. The molecule has 0 aliphatic carbocycles. The fraction of sp³-hybridized carbons (Fsp3) is 0.250. The Hall–Kier alpha value is -2.75. The van der Waals surface area contributed by atoms with Crippen molar-refractivity contribution >= 4 is 22.6 Å². The largest absolute Gasteiger partial charge is 0.347 e. The summed E-state index contributed by atoms with van der Waals surface area (Å²) in [5, 5.41) is 7.06. The molecule has 0 radical (unpaired) electrons. The van der Waals surface area contributed by atoms with Crippen molar-refractivity contribution in [3.63, 3.8) is 0 Å². The van der Waals surface area contributed by atoms with Crippen LogP contribution in [0.4, 0.5) is 10.5 Å². The number of benzene rings is 2. The van der Waals surface area contributed by atoms with Gasteiger partial charge >= 0.3 is 6.03 Å². The normalized spacial score (nSPS) is 10.8. The van der Waals surface area contributed by atoms with Crippen LogP contribution in [0.1, 0.15) is 17.5 Å². The van der Waals surface area contributed by atoms with Crippen molar-refractivity contribution in [1.82, 2.24) is 9.88 Å². The van der Waals surface area contributed by atoms with E-state index >= 15 is 0 Å². The van der Waals surface area contributed by atoms with E-state index in [1.54, 1.807) is 0 Å². The quantitative estimate of drug-likeness (QED) is 0.669. The number of carbonyl (C=O) groups is 1. The van der Waals surface area contributed by atoms with Crippen LogP contribution in [0, 0.1) is 13.8 Å². The van der Waals surface area contributed by atoms with Crippen molar-refractivity contribution in [2.24, 2.45) is 0 Å². The van der Waals surface area contributed by atoms with E-state index in [1.165, 1.54) is 10.9 Å². The van der Waals surface area contributed by atoms with E-state index in [4.69, 9.17) is 0 Å². The van der Waals surface area contributed by atoms with Gasteiger partial charge in [0, 0.05) is 30.5 Å². The first-order valence-corrected chi connectivity index (χ1v) is 8.29. The van der Waals surface area contributed by atoms with Crippen molar-refractivity contribution in [1.29, 1.82) is 0 Å². The number of amides is 2. The lowest BCUT2D eigenvalue weighted by atomic mass is 10.1. The highest BCUT2D eigenvalue weighted by Crippen LogP contribution is 2.15. The average Bonchev–Trinajstić information content (AvgIpc) is 2.94. The van der Waals surface area contributed by atoms with Crippen LogP contribution in [0.15, 0.2) is 54.7 Å². The fourth-order valence-electron chi connectivity index (χ4n) is 3.01. The van der Waals surface area contributed by atoms with Gasteiger partial charge in [-0.1, -0.05) is 24.3 Å². The van der Waals surface area contributed by atoms with Gasteiger partial charge in [0.2, 0.25) is 0 Å². The Kier molecular flexibility index (Phi) is 4.85. The molecule has 0 bridgehead atoms. The first-order chi connectivity index (χ1) is 11.6. The highest BCUT2D eigenvalue weighted by molar-refractivity contribution is 5.89. The summed E-state index contributed by atoms with van der Waals surface area (Å²) >= 11 is 0. The molecule has 0 saturated carbocycles. The minimum absolute atomic E-state index is 0.155. The molecule has 0 atom stereocenters. The van der Waals surface area contributed by atoms with E-state index in [0.29, 0.717) is 6.54 Å². The van der Waals surface area contributed by atoms with Gasteiger partial charge < -0.3 is 15.2 Å². The van der Waals surface area contributed by atoms with Crippen LogP contribution in [0.5, 0.6) is 0 Å². The monoisotopic (exact) mass is 321 g/mol. The fourth-order valence-corrected chi connectivity index (χ4v) is 3.01. The molecule has 0 unspecified atom stereocenters. The molecule has 1 aromatic heterocycles. The maximum Gasteiger partial charge on any atom is 0.319 e. The molecule has 4 heteroatoms. The first kappa shape index (κ1) is 16.1. The van der Waals surface area contributed by atoms with E-state index in [1.807, 2.05) is 38.1 Å². The molecule has 3 rings (SSSR count). The highest BCUT2D eigenvalue weighted by Gasteiger charge is 2.03. The first-order valence-electron chi connectivity index (χ1n) is 8.29. The number of urea groups is 1. The van der Waals surface area contributed by atoms with Gasteiger partial charge in [-0.05, 0) is 61.0 Å². The number of nitrogens with zero attached hydrogens (tertiary/aromatic N) is 1. The zero-order valence-corrected chi connectivity index (χ0v) is 14.2. The molecular formula is C20H23N3O. The van der Waals surface area contributed by atoms with Gasteiger partial charge in [0.15, 0.2) is 0 Å². The van der Waals surface area contributed by atoms with E-state index in [2.05, 4.69) is 45.7 Å². The number of nitrogens with one attached hydrogen (secondary N) is 2. The summed E-state index contributed by atoms with van der Waals surface area (Å²) in [4.78, 5) is 12.0. The molecule has 0 aliphatic rings. The average molecular weight is 321 g/mol. The van der Waals surface area contributed by atoms with Crippen molar-refractivity contribution in [2.45, 2.75) is 26.8 Å². The maximum absolute atomic E-state index is 12.0. The van der Waals surface area contributed by atoms with Crippen LogP contribution in [0.3, 0.4) is 0 Å². The molecule has 0 saturated heterocycles. The van der Waals surface area contributed by atoms with Crippen LogP contribution < -0.4 is 10.6 Å². The molecule has 4 nitrogen and oxygen atoms in total. The summed E-state index contributed by atoms with van der Waals surface area (Å²) in [5.41, 5.74) is 4.35. The van der Waals surface area contributed by atoms with E-state index in [-0.39, 0.29) is 6.03 Å². The van der Waals surface area contributed by atoms with E-state index in [9.17, 15) is 4.79 Å². The summed E-state index contributed by atoms with van der Waals surface area (Å²) in [6.07, 6.45) is 2.99. The molecule has 1 heterocycles. The summed E-state index contributed by atoms with van der Waals surface area (Å²) < 4.78 is 2.22. The number of anilines is 1. The van der Waals surface area contributed by atoms with Crippen molar-refractivity contribution in [3.05, 3.63) is 65.9 Å². The SMILES string of the molecule is Cc1cc(C)cc(NC(=O)NCCCn2ccc3ccccc32)c1. The Labute approximate surface area is 142 Å². The Morgan fingerprint density at radius 3 is 2.58 bits per heavy atom. The van der Waals surface area contributed by atoms with Crippen LogP contribution in [-0.4, -0.2) is 17.1 Å². The number of rotatable bonds is 5. The Bertz CT molecular complexity index is 831. The zero-order chi connectivity index (χ0) is 16.9. The number of fused-ring (bicyclic) bond motifs is 1. The lowest BCUT2D eigenvalue weighted by Crippen LogP contribution is -2.30. The predicted octanol–water partition coefficient (Wildman–Crippen LogP) is 4.47. The third-order valence-electron chi connectivity index (χ3n) is 4.02. The Morgan fingerprint density at radius 2 is 1.79 bits per heavy atom. The summed E-state index contributed by atoms with van der Waals surface area (Å²) in [6, 6.07) is 16.3. The molecular weight excluding hydrogens is 298 g/mol. The van der Waals surface area contributed by atoms with Crippen LogP contribution in [0.2, 0.25) is 0 Å². The number of hydrogen-bond acceptors (Lipinski definition) is 1. The highest BCUT2D eigenvalue weighted by atomic mass is 16.2. The summed E-state index contributed by atoms with van der Waals surface area (Å²) in [5.74, 6) is 0. The number of hydrogen-bond donors (Lipinski definition) is 2. The minimum Gasteiger partial charge on any atom is -0.347 e.